The van der Waals surface area contributed by atoms with Gasteiger partial charge in [-0.05, 0) is 54.5 Å². The summed E-state index contributed by atoms with van der Waals surface area (Å²) in [6.07, 6.45) is 3.43. The number of amides is 3. The Morgan fingerprint density at radius 3 is 2.04 bits per heavy atom. The Hall–Kier alpha value is -4.37. The molecular weight excluding hydrogens is 582 g/mol. The van der Waals surface area contributed by atoms with E-state index in [1.807, 2.05) is 74.5 Å². The van der Waals surface area contributed by atoms with Crippen LogP contribution in [0, 0.1) is 5.92 Å². The molecule has 0 fully saturated rings. The molecule has 46 heavy (non-hydrogen) atoms. The largest absolute Gasteiger partial charge is 0.508 e. The predicted octanol–water partition coefficient (Wildman–Crippen LogP) is 5.60. The Kier molecular flexibility index (Phi) is 14.6. The number of benzene rings is 3. The molecule has 0 saturated heterocycles. The fourth-order valence-corrected chi connectivity index (χ4v) is 5.28. The molecule has 3 amide bonds. The lowest BCUT2D eigenvalue weighted by atomic mass is 9.91. The van der Waals surface area contributed by atoms with Crippen LogP contribution in [0.4, 0.5) is 4.79 Å². The highest BCUT2D eigenvalue weighted by Gasteiger charge is 2.38. The Morgan fingerprint density at radius 2 is 1.41 bits per heavy atom. The molecule has 3 aromatic carbocycles. The average Bonchev–Trinajstić information content (AvgIpc) is 3.04. The first-order valence-corrected chi connectivity index (χ1v) is 16.2. The standard InChI is InChI=1S/C37H49N3O6/c1-27(2)33(30-17-11-8-12-18-30)46-36(45)40-37(3,26-29-15-9-7-10-16-29)35(44)39-32(25-28-19-21-31(42)22-20-28)34(43)38-23-13-5-4-6-14-24-41/h7-12,15-22,27,32-33,41-42H,4-6,13-14,23-26H2,1-3H3,(H,38,43)(H,39,44)(H,40,45). The van der Waals surface area contributed by atoms with E-state index in [1.54, 1.807) is 19.1 Å². The first kappa shape index (κ1) is 36.1. The number of aromatic hydroxyl groups is 1. The van der Waals surface area contributed by atoms with Gasteiger partial charge in [0.15, 0.2) is 0 Å². The summed E-state index contributed by atoms with van der Waals surface area (Å²) in [6, 6.07) is 24.4. The fourth-order valence-electron chi connectivity index (χ4n) is 5.28. The zero-order chi connectivity index (χ0) is 33.4. The lowest BCUT2D eigenvalue weighted by molar-refractivity contribution is -0.132. The number of rotatable bonds is 18. The maximum absolute atomic E-state index is 14.1. The van der Waals surface area contributed by atoms with Crippen LogP contribution in [0.25, 0.3) is 0 Å². The highest BCUT2D eigenvalue weighted by atomic mass is 16.6. The number of carbonyl (C=O) groups is 3. The van der Waals surface area contributed by atoms with E-state index in [2.05, 4.69) is 16.0 Å². The number of ether oxygens (including phenoxy) is 1. The number of phenols is 1. The molecule has 3 aromatic rings. The third-order valence-corrected chi connectivity index (χ3v) is 7.88. The minimum atomic E-state index is -1.46. The number of hydrogen-bond donors (Lipinski definition) is 5. The van der Waals surface area contributed by atoms with Crippen molar-refractivity contribution in [3.63, 3.8) is 0 Å². The van der Waals surface area contributed by atoms with E-state index in [9.17, 15) is 19.5 Å². The molecule has 0 heterocycles. The van der Waals surface area contributed by atoms with E-state index in [4.69, 9.17) is 9.84 Å². The second-order valence-electron chi connectivity index (χ2n) is 12.3. The van der Waals surface area contributed by atoms with Gasteiger partial charge in [0.1, 0.15) is 23.4 Å². The van der Waals surface area contributed by atoms with Gasteiger partial charge in [-0.25, -0.2) is 4.79 Å². The smallest absolute Gasteiger partial charge is 0.408 e. The third kappa shape index (κ3) is 11.9. The minimum Gasteiger partial charge on any atom is -0.508 e. The monoisotopic (exact) mass is 631 g/mol. The summed E-state index contributed by atoms with van der Waals surface area (Å²) < 4.78 is 5.89. The molecule has 3 atom stereocenters. The molecule has 5 N–H and O–H groups in total. The second-order valence-corrected chi connectivity index (χ2v) is 12.3. The van der Waals surface area contributed by atoms with Crippen LogP contribution in [0.2, 0.25) is 0 Å². The number of aliphatic hydroxyl groups excluding tert-OH is 1. The molecule has 3 rings (SSSR count). The number of aliphatic hydroxyl groups is 1. The van der Waals surface area contributed by atoms with Gasteiger partial charge in [0.2, 0.25) is 11.8 Å². The van der Waals surface area contributed by atoms with Crippen LogP contribution in [-0.4, -0.2) is 52.9 Å². The molecular formula is C37H49N3O6. The van der Waals surface area contributed by atoms with Crippen LogP contribution >= 0.6 is 0 Å². The van der Waals surface area contributed by atoms with Crippen LogP contribution < -0.4 is 16.0 Å². The number of carbonyl (C=O) groups excluding carboxylic acids is 3. The van der Waals surface area contributed by atoms with Crippen molar-refractivity contribution >= 4 is 17.9 Å². The second kappa shape index (κ2) is 18.6. The number of alkyl carbamates (subject to hydrolysis) is 1. The number of unbranched alkanes of at least 4 members (excludes halogenated alkanes) is 4. The summed E-state index contributed by atoms with van der Waals surface area (Å²) in [4.78, 5) is 41.0. The number of phenolic OH excluding ortho intramolecular Hbond substituents is 1. The topological polar surface area (TPSA) is 137 Å². The van der Waals surface area contributed by atoms with E-state index in [0.717, 1.165) is 48.8 Å². The number of hydrogen-bond acceptors (Lipinski definition) is 6. The van der Waals surface area contributed by atoms with Crippen molar-refractivity contribution in [1.29, 1.82) is 0 Å². The van der Waals surface area contributed by atoms with Crippen molar-refractivity contribution in [2.75, 3.05) is 13.2 Å². The Balaban J connectivity index is 1.80. The van der Waals surface area contributed by atoms with Gasteiger partial charge in [-0.2, -0.15) is 0 Å². The van der Waals surface area contributed by atoms with Gasteiger partial charge in [-0.15, -0.1) is 0 Å². The van der Waals surface area contributed by atoms with Crippen LogP contribution in [0.15, 0.2) is 84.9 Å². The molecule has 0 spiro atoms. The molecule has 9 nitrogen and oxygen atoms in total. The molecule has 9 heteroatoms. The highest BCUT2D eigenvalue weighted by molar-refractivity contribution is 5.94. The number of nitrogens with one attached hydrogen (secondary N) is 3. The first-order valence-electron chi connectivity index (χ1n) is 16.2. The van der Waals surface area contributed by atoms with Gasteiger partial charge in [0.05, 0.1) is 0 Å². The van der Waals surface area contributed by atoms with Gasteiger partial charge >= 0.3 is 6.09 Å². The molecule has 0 aromatic heterocycles. The first-order chi connectivity index (χ1) is 22.1. The van der Waals surface area contributed by atoms with E-state index in [0.29, 0.717) is 6.54 Å². The summed E-state index contributed by atoms with van der Waals surface area (Å²) in [7, 11) is 0. The molecule has 0 aliphatic carbocycles. The van der Waals surface area contributed by atoms with Gasteiger partial charge < -0.3 is 30.9 Å². The lowest BCUT2D eigenvalue weighted by Crippen LogP contribution is -2.62. The maximum Gasteiger partial charge on any atom is 0.408 e. The minimum absolute atomic E-state index is 0.0181. The quantitative estimate of drug-likeness (QED) is 0.116. The van der Waals surface area contributed by atoms with Crippen LogP contribution in [0.5, 0.6) is 5.75 Å². The zero-order valence-corrected chi connectivity index (χ0v) is 27.2. The zero-order valence-electron chi connectivity index (χ0n) is 27.2. The van der Waals surface area contributed by atoms with E-state index in [-0.39, 0.29) is 37.0 Å². The van der Waals surface area contributed by atoms with E-state index in [1.165, 1.54) is 12.1 Å². The predicted molar refractivity (Wildman–Crippen MR) is 179 cm³/mol. The van der Waals surface area contributed by atoms with Gasteiger partial charge in [-0.3, -0.25) is 9.59 Å². The van der Waals surface area contributed by atoms with Gasteiger partial charge in [0.25, 0.3) is 0 Å². The van der Waals surface area contributed by atoms with Crippen LogP contribution in [0.3, 0.4) is 0 Å². The highest BCUT2D eigenvalue weighted by Crippen LogP contribution is 2.26. The molecule has 0 bridgehead atoms. The van der Waals surface area contributed by atoms with Crippen molar-refractivity contribution in [3.05, 3.63) is 102 Å². The summed E-state index contributed by atoms with van der Waals surface area (Å²) >= 11 is 0. The molecule has 0 aliphatic rings. The lowest BCUT2D eigenvalue weighted by Gasteiger charge is -2.32. The van der Waals surface area contributed by atoms with Crippen molar-refractivity contribution in [1.82, 2.24) is 16.0 Å². The van der Waals surface area contributed by atoms with E-state index < -0.39 is 29.7 Å². The van der Waals surface area contributed by atoms with Gasteiger partial charge in [0, 0.05) is 26.0 Å². The summed E-state index contributed by atoms with van der Waals surface area (Å²) in [5.41, 5.74) is 0.962. The Labute approximate surface area is 272 Å². The Morgan fingerprint density at radius 1 is 0.804 bits per heavy atom. The van der Waals surface area contributed by atoms with Crippen LogP contribution in [0.1, 0.15) is 75.7 Å². The summed E-state index contributed by atoms with van der Waals surface area (Å²) in [6.45, 7) is 6.18. The summed E-state index contributed by atoms with van der Waals surface area (Å²) in [5.74, 6) is -0.791. The average molecular weight is 632 g/mol. The molecule has 248 valence electrons. The van der Waals surface area contributed by atoms with Crippen molar-refractivity contribution in [2.45, 2.75) is 83.4 Å². The normalized spacial score (nSPS) is 13.7. The van der Waals surface area contributed by atoms with Crippen LogP contribution in [-0.2, 0) is 27.2 Å². The van der Waals surface area contributed by atoms with Crippen molar-refractivity contribution in [3.8, 4) is 5.75 Å². The Bertz CT molecular complexity index is 1350. The fraction of sp³-hybridized carbons (Fsp3) is 0.432. The third-order valence-electron chi connectivity index (χ3n) is 7.88. The van der Waals surface area contributed by atoms with Gasteiger partial charge in [-0.1, -0.05) is 106 Å². The SMILES string of the molecule is CC(C)C(OC(=O)NC(C)(Cc1ccccc1)C(=O)NC(Cc1ccc(O)cc1)C(=O)NCCCCCCCO)c1ccccc1. The molecule has 0 aliphatic heterocycles. The van der Waals surface area contributed by atoms with E-state index >= 15 is 0 Å². The summed E-state index contributed by atoms with van der Waals surface area (Å²) in [5, 5.41) is 27.4. The maximum atomic E-state index is 14.1. The molecule has 0 radical (unpaired) electrons. The molecule has 3 unspecified atom stereocenters. The van der Waals surface area contributed by atoms with Crippen molar-refractivity contribution in [2.24, 2.45) is 5.92 Å². The van der Waals surface area contributed by atoms with Crippen molar-refractivity contribution < 1.29 is 29.3 Å². The molecule has 0 saturated carbocycles.